The molecule has 0 heterocycles. The van der Waals surface area contributed by atoms with Crippen LogP contribution in [0.4, 0.5) is 0 Å². The van der Waals surface area contributed by atoms with E-state index in [2.05, 4.69) is 90.2 Å². The van der Waals surface area contributed by atoms with Gasteiger partial charge in [0.25, 0.3) is 0 Å². The van der Waals surface area contributed by atoms with Crippen LogP contribution in [0.5, 0.6) is 0 Å². The van der Waals surface area contributed by atoms with E-state index in [1.807, 2.05) is 0 Å². The number of hydrogen-bond donors (Lipinski definition) is 1. The van der Waals surface area contributed by atoms with Crippen LogP contribution in [-0.2, 0) is 0 Å². The summed E-state index contributed by atoms with van der Waals surface area (Å²) in [6.45, 7) is 20.5. The van der Waals surface area contributed by atoms with Crippen LogP contribution in [0.25, 0.3) is 0 Å². The molecule has 0 aliphatic rings. The van der Waals surface area contributed by atoms with Gasteiger partial charge in [-0.2, -0.15) is 0 Å². The Hall–Kier alpha value is 0.620. The van der Waals surface area contributed by atoms with Crippen molar-refractivity contribution in [2.24, 2.45) is 22.7 Å². The summed E-state index contributed by atoms with van der Waals surface area (Å²) in [5, 5.41) is 3.59. The van der Waals surface area contributed by atoms with Crippen LogP contribution >= 0.6 is 34.8 Å². The second kappa shape index (κ2) is 7.06. The van der Waals surface area contributed by atoms with Gasteiger partial charge in [-0.15, -0.1) is 0 Å². The molecule has 0 fully saturated rings. The molecule has 0 spiro atoms. The van der Waals surface area contributed by atoms with Gasteiger partial charge >= 0.3 is 0 Å². The van der Waals surface area contributed by atoms with Crippen LogP contribution in [0, 0.1) is 22.7 Å². The van der Waals surface area contributed by atoms with Crippen molar-refractivity contribution in [2.75, 3.05) is 0 Å². The fourth-order valence-corrected chi connectivity index (χ4v) is 3.11. The van der Waals surface area contributed by atoms with E-state index in [1.165, 1.54) is 0 Å². The number of hydrogen-bond acceptors (Lipinski definition) is 1. The minimum absolute atomic E-state index is 0.00605. The zero-order valence-electron chi connectivity index (χ0n) is 14.1. The van der Waals surface area contributed by atoms with Gasteiger partial charge in [0, 0.05) is 15.4 Å². The minimum Gasteiger partial charge on any atom is -0.376 e. The summed E-state index contributed by atoms with van der Waals surface area (Å²) in [6, 6.07) is 0.423. The lowest BCUT2D eigenvalue weighted by Gasteiger charge is -2.45. The monoisotopic (exact) mass is 397 g/mol. The van der Waals surface area contributed by atoms with Gasteiger partial charge in [0.05, 0.1) is 4.99 Å². The molecule has 0 saturated carbocycles. The first-order chi connectivity index (χ1) is 8.35. The second-order valence-electron chi connectivity index (χ2n) is 7.33. The van der Waals surface area contributed by atoms with E-state index in [4.69, 9.17) is 12.2 Å². The largest absolute Gasteiger partial charge is 0.376 e. The molecule has 0 aromatic heterocycles. The normalized spacial score (nSPS) is 18.1. The standard InChI is InChI=1S/C16H32INS/c1-10(2)11(3)12(4)18-14(19)16(8,9)15(6,7)13(5)17/h10-13H,1-9H3,(H,18,19). The Balaban J connectivity index is 4.93. The SMILES string of the molecule is CC(C)C(C)C(C)NC(=S)C(C)(C)C(C)(C)C(C)I. The maximum atomic E-state index is 5.73. The predicted molar refractivity (Wildman–Crippen MR) is 100 cm³/mol. The van der Waals surface area contributed by atoms with Gasteiger partial charge in [-0.05, 0) is 24.2 Å². The second-order valence-corrected chi connectivity index (χ2v) is 9.60. The summed E-state index contributed by atoms with van der Waals surface area (Å²) in [5.41, 5.74) is 0.159. The summed E-state index contributed by atoms with van der Waals surface area (Å²) >= 11 is 8.24. The van der Waals surface area contributed by atoms with E-state index in [1.54, 1.807) is 0 Å². The summed E-state index contributed by atoms with van der Waals surface area (Å²) in [7, 11) is 0. The quantitative estimate of drug-likeness (QED) is 0.363. The molecule has 0 radical (unpaired) electrons. The van der Waals surface area contributed by atoms with E-state index in [-0.39, 0.29) is 10.8 Å². The lowest BCUT2D eigenvalue weighted by Crippen LogP contribution is -2.51. The third-order valence-corrected chi connectivity index (χ3v) is 7.56. The first kappa shape index (κ1) is 19.6. The topological polar surface area (TPSA) is 12.0 Å². The first-order valence-corrected chi connectivity index (χ1v) is 8.96. The molecule has 3 heteroatoms. The van der Waals surface area contributed by atoms with Crippen LogP contribution in [-0.4, -0.2) is 15.0 Å². The maximum Gasteiger partial charge on any atom is 0.0818 e. The summed E-state index contributed by atoms with van der Waals surface area (Å²) in [6.07, 6.45) is 0. The first-order valence-electron chi connectivity index (χ1n) is 7.30. The molecule has 0 bridgehead atoms. The third-order valence-electron chi connectivity index (χ3n) is 5.37. The van der Waals surface area contributed by atoms with Crippen molar-refractivity contribution in [3.8, 4) is 0 Å². The van der Waals surface area contributed by atoms with E-state index >= 15 is 0 Å². The highest BCUT2D eigenvalue weighted by Crippen LogP contribution is 2.45. The average Bonchev–Trinajstić information content (AvgIpc) is 2.26. The molecule has 0 amide bonds. The molecule has 19 heavy (non-hydrogen) atoms. The highest BCUT2D eigenvalue weighted by molar-refractivity contribution is 14.1. The summed E-state index contributed by atoms with van der Waals surface area (Å²) in [5.74, 6) is 1.29. The van der Waals surface area contributed by atoms with Gasteiger partial charge in [0.1, 0.15) is 0 Å². The zero-order valence-corrected chi connectivity index (χ0v) is 17.1. The van der Waals surface area contributed by atoms with Gasteiger partial charge in [-0.25, -0.2) is 0 Å². The summed E-state index contributed by atoms with van der Waals surface area (Å²) in [4.78, 5) is 1.00. The Kier molecular flexibility index (Phi) is 7.29. The molecule has 0 aromatic carbocycles. The van der Waals surface area contributed by atoms with Crippen molar-refractivity contribution in [2.45, 2.75) is 72.3 Å². The fourth-order valence-electron chi connectivity index (χ4n) is 1.89. The predicted octanol–water partition coefficient (Wildman–Crippen LogP) is 5.46. The fraction of sp³-hybridized carbons (Fsp3) is 0.938. The highest BCUT2D eigenvalue weighted by atomic mass is 127. The summed E-state index contributed by atoms with van der Waals surface area (Å²) < 4.78 is 0.567. The van der Waals surface area contributed by atoms with Gasteiger partial charge in [0.15, 0.2) is 0 Å². The molecule has 3 atom stereocenters. The van der Waals surface area contributed by atoms with Crippen LogP contribution < -0.4 is 5.32 Å². The van der Waals surface area contributed by atoms with Crippen molar-refractivity contribution in [3.05, 3.63) is 0 Å². The Bertz CT molecular complexity index is 308. The smallest absolute Gasteiger partial charge is 0.0818 e. The van der Waals surface area contributed by atoms with E-state index < -0.39 is 0 Å². The lowest BCUT2D eigenvalue weighted by molar-refractivity contribution is 0.189. The van der Waals surface area contributed by atoms with Crippen molar-refractivity contribution in [3.63, 3.8) is 0 Å². The van der Waals surface area contributed by atoms with Crippen molar-refractivity contribution >= 4 is 39.8 Å². The molecule has 3 unspecified atom stereocenters. The Morgan fingerprint density at radius 1 is 1.00 bits per heavy atom. The van der Waals surface area contributed by atoms with Gasteiger partial charge < -0.3 is 5.32 Å². The van der Waals surface area contributed by atoms with Crippen molar-refractivity contribution in [1.82, 2.24) is 5.32 Å². The molecule has 1 N–H and O–H groups in total. The Labute approximate surface area is 139 Å². The number of nitrogens with one attached hydrogen (secondary N) is 1. The lowest BCUT2D eigenvalue weighted by atomic mass is 9.66. The Morgan fingerprint density at radius 3 is 1.74 bits per heavy atom. The van der Waals surface area contributed by atoms with Crippen molar-refractivity contribution < 1.29 is 0 Å². The van der Waals surface area contributed by atoms with Gasteiger partial charge in [0.2, 0.25) is 0 Å². The molecule has 114 valence electrons. The molecule has 0 saturated heterocycles. The number of alkyl halides is 1. The molecular formula is C16H32INS. The maximum absolute atomic E-state index is 5.73. The van der Waals surface area contributed by atoms with Crippen molar-refractivity contribution in [1.29, 1.82) is 0 Å². The minimum atomic E-state index is -0.00605. The van der Waals surface area contributed by atoms with E-state index in [0.717, 1.165) is 4.99 Å². The highest BCUT2D eigenvalue weighted by Gasteiger charge is 2.43. The molecule has 0 aliphatic heterocycles. The Morgan fingerprint density at radius 2 is 1.42 bits per heavy atom. The molecule has 0 aliphatic carbocycles. The molecule has 0 rings (SSSR count). The van der Waals surface area contributed by atoms with Gasteiger partial charge in [-0.3, -0.25) is 0 Å². The average molecular weight is 397 g/mol. The van der Waals surface area contributed by atoms with Crippen LogP contribution in [0.3, 0.4) is 0 Å². The van der Waals surface area contributed by atoms with E-state index in [0.29, 0.717) is 21.8 Å². The number of rotatable bonds is 6. The van der Waals surface area contributed by atoms with Gasteiger partial charge in [-0.1, -0.05) is 90.2 Å². The zero-order chi connectivity index (χ0) is 15.6. The third kappa shape index (κ3) is 4.55. The van der Waals surface area contributed by atoms with E-state index in [9.17, 15) is 0 Å². The number of thiocarbonyl (C=S) groups is 1. The molecular weight excluding hydrogens is 365 g/mol. The van der Waals surface area contributed by atoms with Crippen LogP contribution in [0.15, 0.2) is 0 Å². The van der Waals surface area contributed by atoms with Crippen LogP contribution in [0.1, 0.15) is 62.3 Å². The molecule has 1 nitrogen and oxygen atoms in total. The van der Waals surface area contributed by atoms with Crippen LogP contribution in [0.2, 0.25) is 0 Å². The molecule has 0 aromatic rings. The number of halogens is 1.